The smallest absolute Gasteiger partial charge is 0.271 e. The molecule has 1 N–H and O–H groups in total. The van der Waals surface area contributed by atoms with E-state index < -0.39 is 5.91 Å². The molecule has 0 bridgehead atoms. The van der Waals surface area contributed by atoms with Crippen LogP contribution in [0.15, 0.2) is 58.0 Å². The topological polar surface area (TPSA) is 73.1 Å². The normalized spacial score (nSPS) is 10.9. The highest BCUT2D eigenvalue weighted by atomic mass is 35.5. The van der Waals surface area contributed by atoms with E-state index in [-0.39, 0.29) is 0 Å². The van der Waals surface area contributed by atoms with Crippen molar-refractivity contribution in [3.8, 4) is 22.8 Å². The molecule has 28 heavy (non-hydrogen) atoms. The first-order valence-electron chi connectivity index (χ1n) is 8.12. The minimum Gasteiger partial charge on any atom is -0.497 e. The summed E-state index contributed by atoms with van der Waals surface area (Å²) in [5, 5.41) is 4.83. The molecule has 0 saturated heterocycles. The number of amides is 1. The van der Waals surface area contributed by atoms with Crippen molar-refractivity contribution in [1.29, 1.82) is 0 Å². The first-order valence-corrected chi connectivity index (χ1v) is 8.87. The van der Waals surface area contributed by atoms with Crippen LogP contribution in [0.2, 0.25) is 10.0 Å². The molecule has 3 rings (SSSR count). The Labute approximate surface area is 171 Å². The van der Waals surface area contributed by atoms with Crippen molar-refractivity contribution in [1.82, 2.24) is 5.43 Å². The molecular weight excluding hydrogens is 403 g/mol. The zero-order valence-electron chi connectivity index (χ0n) is 15.0. The van der Waals surface area contributed by atoms with Gasteiger partial charge in [-0.2, -0.15) is 5.10 Å². The SMILES string of the molecule is COc1cc(OC)cc(C(=O)N/N=C\c2ccc(-c3ccc(Cl)c(Cl)c3)o2)c1. The molecule has 0 saturated carbocycles. The van der Waals surface area contributed by atoms with Crippen molar-refractivity contribution in [2.24, 2.45) is 5.10 Å². The predicted octanol–water partition coefficient (Wildman–Crippen LogP) is 5.03. The van der Waals surface area contributed by atoms with E-state index in [9.17, 15) is 4.79 Å². The lowest BCUT2D eigenvalue weighted by molar-refractivity contribution is 0.0954. The van der Waals surface area contributed by atoms with Crippen molar-refractivity contribution in [2.45, 2.75) is 0 Å². The van der Waals surface area contributed by atoms with Crippen molar-refractivity contribution in [2.75, 3.05) is 14.2 Å². The van der Waals surface area contributed by atoms with Gasteiger partial charge in [-0.05, 0) is 42.5 Å². The van der Waals surface area contributed by atoms with E-state index in [0.717, 1.165) is 5.56 Å². The number of carbonyl (C=O) groups is 1. The van der Waals surface area contributed by atoms with Crippen LogP contribution in [-0.4, -0.2) is 26.3 Å². The summed E-state index contributed by atoms with van der Waals surface area (Å²) >= 11 is 11.9. The maximum Gasteiger partial charge on any atom is 0.271 e. The number of hydrogen-bond acceptors (Lipinski definition) is 5. The molecule has 0 unspecified atom stereocenters. The zero-order chi connectivity index (χ0) is 20.1. The van der Waals surface area contributed by atoms with E-state index in [1.807, 2.05) is 0 Å². The Balaban J connectivity index is 1.69. The van der Waals surface area contributed by atoms with Gasteiger partial charge in [0.1, 0.15) is 23.0 Å². The highest BCUT2D eigenvalue weighted by Crippen LogP contribution is 2.29. The van der Waals surface area contributed by atoms with Crippen LogP contribution in [0.5, 0.6) is 11.5 Å². The molecule has 0 fully saturated rings. The largest absolute Gasteiger partial charge is 0.497 e. The van der Waals surface area contributed by atoms with E-state index in [1.165, 1.54) is 20.4 Å². The summed E-state index contributed by atoms with van der Waals surface area (Å²) in [6.45, 7) is 0. The molecule has 2 aromatic carbocycles. The zero-order valence-corrected chi connectivity index (χ0v) is 16.5. The van der Waals surface area contributed by atoms with E-state index in [2.05, 4.69) is 10.5 Å². The third-order valence-corrected chi connectivity index (χ3v) is 4.54. The lowest BCUT2D eigenvalue weighted by Gasteiger charge is -2.07. The van der Waals surface area contributed by atoms with Gasteiger partial charge in [0.15, 0.2) is 0 Å². The minimum atomic E-state index is -0.412. The third-order valence-electron chi connectivity index (χ3n) is 3.80. The van der Waals surface area contributed by atoms with Crippen molar-refractivity contribution in [3.05, 3.63) is 69.9 Å². The summed E-state index contributed by atoms with van der Waals surface area (Å²) in [6.07, 6.45) is 1.40. The van der Waals surface area contributed by atoms with E-state index >= 15 is 0 Å². The van der Waals surface area contributed by atoms with Crippen LogP contribution in [-0.2, 0) is 0 Å². The van der Waals surface area contributed by atoms with Gasteiger partial charge in [0.05, 0.1) is 30.5 Å². The van der Waals surface area contributed by atoms with E-state index in [0.29, 0.717) is 38.6 Å². The molecule has 144 valence electrons. The highest BCUT2D eigenvalue weighted by molar-refractivity contribution is 6.42. The number of benzene rings is 2. The molecule has 0 atom stereocenters. The number of furan rings is 1. The molecule has 0 radical (unpaired) electrons. The summed E-state index contributed by atoms with van der Waals surface area (Å²) in [6, 6.07) is 13.5. The first kappa shape index (κ1) is 19.8. The number of rotatable bonds is 6. The van der Waals surface area contributed by atoms with Crippen LogP contribution < -0.4 is 14.9 Å². The highest BCUT2D eigenvalue weighted by Gasteiger charge is 2.10. The van der Waals surface area contributed by atoms with Crippen molar-refractivity contribution >= 4 is 35.3 Å². The number of hydrazone groups is 1. The summed E-state index contributed by atoms with van der Waals surface area (Å²) in [4.78, 5) is 12.3. The number of methoxy groups -OCH3 is 2. The quantitative estimate of drug-likeness (QED) is 0.449. The monoisotopic (exact) mass is 418 g/mol. The van der Waals surface area contributed by atoms with E-state index in [1.54, 1.807) is 48.5 Å². The Hall–Kier alpha value is -2.96. The fraction of sp³-hybridized carbons (Fsp3) is 0.100. The second kappa shape index (κ2) is 8.82. The summed E-state index contributed by atoms with van der Waals surface area (Å²) in [5.74, 6) is 1.66. The number of carbonyl (C=O) groups excluding carboxylic acids is 1. The van der Waals surface area contributed by atoms with Gasteiger partial charge in [-0.1, -0.05) is 23.2 Å². The van der Waals surface area contributed by atoms with Gasteiger partial charge in [-0.15, -0.1) is 0 Å². The molecule has 0 aliphatic heterocycles. The van der Waals surface area contributed by atoms with Gasteiger partial charge in [-0.25, -0.2) is 5.43 Å². The van der Waals surface area contributed by atoms with Gasteiger partial charge >= 0.3 is 0 Å². The Kier molecular flexibility index (Phi) is 6.23. The minimum absolute atomic E-state index is 0.351. The molecule has 6 nitrogen and oxygen atoms in total. The van der Waals surface area contributed by atoms with Gasteiger partial charge in [0.2, 0.25) is 0 Å². The van der Waals surface area contributed by atoms with E-state index in [4.69, 9.17) is 37.1 Å². The molecule has 1 heterocycles. The fourth-order valence-electron chi connectivity index (χ4n) is 2.38. The van der Waals surface area contributed by atoms with Crippen LogP contribution in [0.25, 0.3) is 11.3 Å². The maximum absolute atomic E-state index is 12.3. The number of nitrogens with one attached hydrogen (secondary N) is 1. The molecule has 0 spiro atoms. The number of hydrogen-bond donors (Lipinski definition) is 1. The fourth-order valence-corrected chi connectivity index (χ4v) is 2.68. The van der Waals surface area contributed by atoms with Crippen LogP contribution in [0, 0.1) is 0 Å². The van der Waals surface area contributed by atoms with Crippen LogP contribution >= 0.6 is 23.2 Å². The number of nitrogens with zero attached hydrogens (tertiary/aromatic N) is 1. The number of ether oxygens (including phenoxy) is 2. The summed E-state index contributed by atoms with van der Waals surface area (Å²) in [5.41, 5.74) is 3.57. The molecule has 1 aromatic heterocycles. The maximum atomic E-state index is 12.3. The standard InChI is InChI=1S/C20H16Cl2N2O4/c1-26-15-7-13(8-16(10-15)27-2)20(25)24-23-11-14-4-6-19(28-14)12-3-5-17(21)18(22)9-12/h3-11H,1-2H3,(H,24,25)/b23-11-. The predicted molar refractivity (Wildman–Crippen MR) is 109 cm³/mol. The van der Waals surface area contributed by atoms with Crippen LogP contribution in [0.3, 0.4) is 0 Å². The molecule has 0 aliphatic carbocycles. The molecular formula is C20H16Cl2N2O4. The lowest BCUT2D eigenvalue weighted by atomic mass is 10.2. The average Bonchev–Trinajstić information content (AvgIpc) is 3.18. The first-order chi connectivity index (χ1) is 13.5. The average molecular weight is 419 g/mol. The second-order valence-electron chi connectivity index (χ2n) is 5.63. The Morgan fingerprint density at radius 2 is 1.71 bits per heavy atom. The van der Waals surface area contributed by atoms with Gasteiger partial charge in [0, 0.05) is 17.2 Å². The third kappa shape index (κ3) is 4.65. The number of halogens is 2. The van der Waals surface area contributed by atoms with Crippen molar-refractivity contribution < 1.29 is 18.7 Å². The van der Waals surface area contributed by atoms with Crippen molar-refractivity contribution in [3.63, 3.8) is 0 Å². The molecule has 1 amide bonds. The Bertz CT molecular complexity index is 1010. The Morgan fingerprint density at radius 3 is 2.36 bits per heavy atom. The molecule has 3 aromatic rings. The molecule has 0 aliphatic rings. The Morgan fingerprint density at radius 1 is 1.00 bits per heavy atom. The van der Waals surface area contributed by atoms with Gasteiger partial charge in [0.25, 0.3) is 5.91 Å². The molecule has 8 heteroatoms. The lowest BCUT2D eigenvalue weighted by Crippen LogP contribution is -2.17. The van der Waals surface area contributed by atoms with Crippen LogP contribution in [0.4, 0.5) is 0 Å². The van der Waals surface area contributed by atoms with Crippen LogP contribution in [0.1, 0.15) is 16.1 Å². The van der Waals surface area contributed by atoms with Gasteiger partial charge < -0.3 is 13.9 Å². The van der Waals surface area contributed by atoms with Gasteiger partial charge in [-0.3, -0.25) is 4.79 Å². The summed E-state index contributed by atoms with van der Waals surface area (Å²) < 4.78 is 16.0. The second-order valence-corrected chi connectivity index (χ2v) is 6.45. The summed E-state index contributed by atoms with van der Waals surface area (Å²) in [7, 11) is 3.02.